The molecule has 0 saturated heterocycles. The summed E-state index contributed by atoms with van der Waals surface area (Å²) >= 11 is 6.30. The number of amides is 1. The third-order valence-corrected chi connectivity index (χ3v) is 6.29. The van der Waals surface area contributed by atoms with Crippen LogP contribution in [-0.4, -0.2) is 24.0 Å². The van der Waals surface area contributed by atoms with Gasteiger partial charge < -0.3 is 15.8 Å². The highest BCUT2D eigenvalue weighted by atomic mass is 35.5. The minimum absolute atomic E-state index is 0. The van der Waals surface area contributed by atoms with Crippen molar-refractivity contribution in [3.05, 3.63) is 89.4 Å². The smallest absolute Gasteiger partial charge is 0.228 e. The van der Waals surface area contributed by atoms with Crippen LogP contribution < -0.4 is 15.8 Å². The van der Waals surface area contributed by atoms with Crippen LogP contribution in [0.3, 0.4) is 0 Å². The molecule has 5 nitrogen and oxygen atoms in total. The Morgan fingerprint density at radius 3 is 2.50 bits per heavy atom. The quantitative estimate of drug-likeness (QED) is 0.264. The minimum Gasteiger partial charge on any atom is -0.494 e. The molecule has 1 amide bonds. The molecule has 1 aliphatic rings. The van der Waals surface area contributed by atoms with Crippen molar-refractivity contribution in [2.75, 3.05) is 18.5 Å². The number of benzene rings is 3. The van der Waals surface area contributed by atoms with Crippen LogP contribution in [0, 0.1) is 0 Å². The van der Waals surface area contributed by atoms with Crippen LogP contribution in [0.15, 0.2) is 78.9 Å². The van der Waals surface area contributed by atoms with E-state index in [0.29, 0.717) is 29.6 Å². The van der Waals surface area contributed by atoms with E-state index in [4.69, 9.17) is 27.1 Å². The van der Waals surface area contributed by atoms with E-state index in [1.807, 2.05) is 66.7 Å². The van der Waals surface area contributed by atoms with Gasteiger partial charge in [0, 0.05) is 22.2 Å². The van der Waals surface area contributed by atoms with Gasteiger partial charge in [0.25, 0.3) is 0 Å². The molecule has 0 saturated carbocycles. The van der Waals surface area contributed by atoms with E-state index in [-0.39, 0.29) is 24.7 Å². The standard InChI is InChI=1S/C29H26ClN3O2.ClH/c30-21-10-6-9-20(15-21)26-17-24(19-7-2-1-3-8-19)25-18-28(34)32-27-16-22(35-14-5-4-13-31)11-12-23(27)29(25)33-26;/h1-3,6-12,15-17H,4-5,13-14,18,31H2,(H,32,34);1H. The first-order valence-corrected chi connectivity index (χ1v) is 12.1. The van der Waals surface area contributed by atoms with Crippen LogP contribution >= 0.6 is 24.0 Å². The molecule has 0 spiro atoms. The Labute approximate surface area is 222 Å². The molecule has 0 unspecified atom stereocenters. The lowest BCUT2D eigenvalue weighted by molar-refractivity contribution is -0.115. The predicted octanol–water partition coefficient (Wildman–Crippen LogP) is 6.77. The van der Waals surface area contributed by atoms with E-state index in [2.05, 4.69) is 17.4 Å². The summed E-state index contributed by atoms with van der Waals surface area (Å²) in [5.74, 6) is 0.624. The number of ether oxygens (including phenoxy) is 1. The van der Waals surface area contributed by atoms with Crippen molar-refractivity contribution in [1.82, 2.24) is 4.98 Å². The lowest BCUT2D eigenvalue weighted by Crippen LogP contribution is -2.13. The number of pyridine rings is 1. The fraction of sp³-hybridized carbons (Fsp3) is 0.172. The summed E-state index contributed by atoms with van der Waals surface area (Å²) in [6.45, 7) is 1.22. The molecular formula is C29H27Cl2N3O2. The number of carbonyl (C=O) groups excluding carboxylic acids is 1. The zero-order valence-corrected chi connectivity index (χ0v) is 21.2. The monoisotopic (exact) mass is 519 g/mol. The molecule has 36 heavy (non-hydrogen) atoms. The molecule has 7 heteroatoms. The van der Waals surface area contributed by atoms with E-state index in [0.717, 1.165) is 52.0 Å². The topological polar surface area (TPSA) is 77.2 Å². The first kappa shape index (κ1) is 25.7. The molecular weight excluding hydrogens is 493 g/mol. The number of nitrogens with one attached hydrogen (secondary N) is 1. The first-order chi connectivity index (χ1) is 17.1. The molecule has 0 atom stereocenters. The van der Waals surface area contributed by atoms with Crippen molar-refractivity contribution in [3.63, 3.8) is 0 Å². The molecule has 184 valence electrons. The Morgan fingerprint density at radius 1 is 0.917 bits per heavy atom. The Bertz CT molecular complexity index is 1380. The Hall–Kier alpha value is -3.38. The van der Waals surface area contributed by atoms with E-state index in [9.17, 15) is 4.79 Å². The van der Waals surface area contributed by atoms with Crippen LogP contribution in [0.4, 0.5) is 5.69 Å². The molecule has 1 aliphatic heterocycles. The van der Waals surface area contributed by atoms with Gasteiger partial charge in [-0.2, -0.15) is 0 Å². The highest BCUT2D eigenvalue weighted by Gasteiger charge is 2.25. The van der Waals surface area contributed by atoms with Gasteiger partial charge in [0.1, 0.15) is 5.75 Å². The largest absolute Gasteiger partial charge is 0.494 e. The Kier molecular flexibility index (Phi) is 8.26. The summed E-state index contributed by atoms with van der Waals surface area (Å²) in [7, 11) is 0. The summed E-state index contributed by atoms with van der Waals surface area (Å²) in [5, 5.41) is 3.71. The van der Waals surface area contributed by atoms with Crippen LogP contribution in [0.25, 0.3) is 33.6 Å². The van der Waals surface area contributed by atoms with Gasteiger partial charge in [0.2, 0.25) is 5.91 Å². The number of nitrogens with zero attached hydrogens (tertiary/aromatic N) is 1. The van der Waals surface area contributed by atoms with E-state index in [1.165, 1.54) is 0 Å². The van der Waals surface area contributed by atoms with E-state index >= 15 is 0 Å². The number of rotatable bonds is 7. The molecule has 4 aromatic rings. The molecule has 3 aromatic carbocycles. The molecule has 2 heterocycles. The molecule has 3 N–H and O–H groups in total. The number of aromatic nitrogens is 1. The molecule has 0 fully saturated rings. The second kappa shape index (κ2) is 11.6. The lowest BCUT2D eigenvalue weighted by Gasteiger charge is -2.16. The van der Waals surface area contributed by atoms with Crippen molar-refractivity contribution in [1.29, 1.82) is 0 Å². The zero-order chi connectivity index (χ0) is 24.2. The number of hydrogen-bond donors (Lipinski definition) is 2. The maximum atomic E-state index is 13.0. The van der Waals surface area contributed by atoms with Crippen molar-refractivity contribution in [2.24, 2.45) is 5.73 Å². The number of fused-ring (bicyclic) bond motifs is 3. The summed E-state index contributed by atoms with van der Waals surface area (Å²) < 4.78 is 5.90. The molecule has 5 rings (SSSR count). The first-order valence-electron chi connectivity index (χ1n) is 11.7. The van der Waals surface area contributed by atoms with Crippen molar-refractivity contribution in [2.45, 2.75) is 19.3 Å². The van der Waals surface area contributed by atoms with Crippen LogP contribution in [-0.2, 0) is 11.2 Å². The Balaban J connectivity index is 0.00000304. The number of anilines is 1. The summed E-state index contributed by atoms with van der Waals surface area (Å²) in [6, 6.07) is 25.6. The van der Waals surface area contributed by atoms with Gasteiger partial charge >= 0.3 is 0 Å². The third kappa shape index (κ3) is 5.54. The van der Waals surface area contributed by atoms with Gasteiger partial charge in [-0.15, -0.1) is 12.4 Å². The highest BCUT2D eigenvalue weighted by Crippen LogP contribution is 2.41. The summed E-state index contributed by atoms with van der Waals surface area (Å²) in [6.07, 6.45) is 2.02. The van der Waals surface area contributed by atoms with Gasteiger partial charge in [0.15, 0.2) is 0 Å². The highest BCUT2D eigenvalue weighted by molar-refractivity contribution is 6.30. The number of hydrogen-bond acceptors (Lipinski definition) is 4. The average Bonchev–Trinajstić information content (AvgIpc) is 3.01. The van der Waals surface area contributed by atoms with Gasteiger partial charge in [-0.1, -0.05) is 54.1 Å². The van der Waals surface area contributed by atoms with Gasteiger partial charge in [-0.05, 0) is 66.4 Å². The van der Waals surface area contributed by atoms with Gasteiger partial charge in [0.05, 0.1) is 30.1 Å². The lowest BCUT2D eigenvalue weighted by atomic mass is 9.92. The predicted molar refractivity (Wildman–Crippen MR) is 149 cm³/mol. The maximum Gasteiger partial charge on any atom is 0.228 e. The zero-order valence-electron chi connectivity index (χ0n) is 19.7. The summed E-state index contributed by atoms with van der Waals surface area (Å²) in [4.78, 5) is 18.0. The van der Waals surface area contributed by atoms with Crippen LogP contribution in [0.5, 0.6) is 5.75 Å². The Morgan fingerprint density at radius 2 is 1.72 bits per heavy atom. The second-order valence-corrected chi connectivity index (χ2v) is 8.97. The van der Waals surface area contributed by atoms with Crippen molar-refractivity contribution in [3.8, 4) is 39.4 Å². The van der Waals surface area contributed by atoms with Crippen molar-refractivity contribution >= 4 is 35.6 Å². The number of nitrogens with two attached hydrogens (primary N) is 1. The SMILES string of the molecule is Cl.NCCCCOc1ccc2c(c1)NC(=O)Cc1c(-c3ccccc3)cc(-c3cccc(Cl)c3)nc1-2. The van der Waals surface area contributed by atoms with Crippen LogP contribution in [0.1, 0.15) is 18.4 Å². The molecule has 0 aliphatic carbocycles. The van der Waals surface area contributed by atoms with Crippen LogP contribution in [0.2, 0.25) is 5.02 Å². The van der Waals surface area contributed by atoms with E-state index in [1.54, 1.807) is 0 Å². The maximum absolute atomic E-state index is 13.0. The normalized spacial score (nSPS) is 12.0. The minimum atomic E-state index is -0.0835. The molecule has 0 bridgehead atoms. The summed E-state index contributed by atoms with van der Waals surface area (Å²) in [5.41, 5.74) is 12.5. The van der Waals surface area contributed by atoms with Crippen molar-refractivity contribution < 1.29 is 9.53 Å². The number of unbranched alkanes of at least 4 members (excludes halogenated alkanes) is 1. The third-order valence-electron chi connectivity index (χ3n) is 6.05. The molecule has 0 radical (unpaired) electrons. The number of halogens is 2. The fourth-order valence-electron chi connectivity index (χ4n) is 4.36. The van der Waals surface area contributed by atoms with E-state index < -0.39 is 0 Å². The van der Waals surface area contributed by atoms with Gasteiger partial charge in [-0.3, -0.25) is 4.79 Å². The van der Waals surface area contributed by atoms with Gasteiger partial charge in [-0.25, -0.2) is 4.98 Å². The fourth-order valence-corrected chi connectivity index (χ4v) is 4.55. The number of carbonyl (C=O) groups is 1. The molecule has 1 aromatic heterocycles. The average molecular weight is 520 g/mol. The second-order valence-electron chi connectivity index (χ2n) is 8.54.